The molecule has 1 aliphatic heterocycles. The molecule has 0 saturated carbocycles. The third kappa shape index (κ3) is 2.24. The fraction of sp³-hybridized carbons (Fsp3) is 0.600. The van der Waals surface area contributed by atoms with Crippen molar-refractivity contribution < 1.29 is 5.11 Å². The molecule has 1 unspecified atom stereocenters. The second kappa shape index (κ2) is 4.12. The van der Waals surface area contributed by atoms with E-state index in [-0.39, 0.29) is 0 Å². The molecule has 0 spiro atoms. The highest BCUT2D eigenvalue weighted by Gasteiger charge is 2.36. The number of rotatable bonds is 3. The SMILES string of the molecule is CNCC1(O)CCN(c2ncccn2)C1. The van der Waals surface area contributed by atoms with Crippen molar-refractivity contribution in [1.29, 1.82) is 0 Å². The van der Waals surface area contributed by atoms with Gasteiger partial charge in [0.1, 0.15) is 0 Å². The fourth-order valence-corrected chi connectivity index (χ4v) is 1.96. The molecule has 2 heterocycles. The maximum absolute atomic E-state index is 10.2. The van der Waals surface area contributed by atoms with Gasteiger partial charge in [0.25, 0.3) is 0 Å². The average Bonchev–Trinajstić information content (AvgIpc) is 2.63. The van der Waals surface area contributed by atoms with E-state index in [1.165, 1.54) is 0 Å². The van der Waals surface area contributed by atoms with Crippen LogP contribution in [0.1, 0.15) is 6.42 Å². The number of β-amino-alcohol motifs (C(OH)–C–C–N with tert-alkyl or cyclic N) is 1. The average molecular weight is 208 g/mol. The van der Waals surface area contributed by atoms with Gasteiger partial charge in [-0.2, -0.15) is 0 Å². The van der Waals surface area contributed by atoms with Gasteiger partial charge in [0.05, 0.1) is 12.1 Å². The maximum atomic E-state index is 10.2. The van der Waals surface area contributed by atoms with E-state index >= 15 is 0 Å². The largest absolute Gasteiger partial charge is 0.387 e. The Labute approximate surface area is 89.2 Å². The molecule has 2 rings (SSSR count). The molecular formula is C10H16N4O. The predicted molar refractivity (Wildman–Crippen MR) is 57.7 cm³/mol. The van der Waals surface area contributed by atoms with Crippen LogP contribution in [0.2, 0.25) is 0 Å². The Morgan fingerprint density at radius 2 is 2.27 bits per heavy atom. The predicted octanol–water partition coefficient (Wildman–Crippen LogP) is -0.363. The van der Waals surface area contributed by atoms with E-state index in [1.807, 2.05) is 11.9 Å². The number of hydrogen-bond donors (Lipinski definition) is 2. The maximum Gasteiger partial charge on any atom is 0.225 e. The van der Waals surface area contributed by atoms with Gasteiger partial charge in [0, 0.05) is 25.5 Å². The van der Waals surface area contributed by atoms with E-state index in [9.17, 15) is 5.11 Å². The lowest BCUT2D eigenvalue weighted by atomic mass is 10.0. The monoisotopic (exact) mass is 208 g/mol. The third-order valence-electron chi connectivity index (χ3n) is 2.67. The second-order valence-corrected chi connectivity index (χ2v) is 3.98. The molecule has 1 saturated heterocycles. The molecule has 0 amide bonds. The smallest absolute Gasteiger partial charge is 0.225 e. The van der Waals surface area contributed by atoms with E-state index in [4.69, 9.17) is 0 Å². The van der Waals surface area contributed by atoms with Crippen LogP contribution in [0.25, 0.3) is 0 Å². The first kappa shape index (κ1) is 10.3. The van der Waals surface area contributed by atoms with Crippen molar-refractivity contribution in [3.05, 3.63) is 18.5 Å². The zero-order chi connectivity index (χ0) is 10.7. The summed E-state index contributed by atoms with van der Waals surface area (Å²) in [7, 11) is 1.85. The first-order valence-electron chi connectivity index (χ1n) is 5.12. The van der Waals surface area contributed by atoms with Crippen LogP contribution in [0.3, 0.4) is 0 Å². The highest BCUT2D eigenvalue weighted by molar-refractivity contribution is 5.32. The van der Waals surface area contributed by atoms with E-state index in [0.29, 0.717) is 19.0 Å². The molecule has 5 nitrogen and oxygen atoms in total. The standard InChI is InChI=1S/C10H16N4O/c1-11-7-10(15)3-6-14(8-10)9-12-4-2-5-13-9/h2,4-5,11,15H,3,6-8H2,1H3. The molecule has 0 bridgehead atoms. The summed E-state index contributed by atoms with van der Waals surface area (Å²) in [6.45, 7) is 2.01. The summed E-state index contributed by atoms with van der Waals surface area (Å²) in [6, 6.07) is 1.79. The zero-order valence-electron chi connectivity index (χ0n) is 8.85. The Morgan fingerprint density at radius 3 is 2.93 bits per heavy atom. The van der Waals surface area contributed by atoms with Gasteiger partial charge in [-0.25, -0.2) is 9.97 Å². The molecule has 82 valence electrons. The van der Waals surface area contributed by atoms with Crippen molar-refractivity contribution >= 4 is 5.95 Å². The number of nitrogens with one attached hydrogen (secondary N) is 1. The van der Waals surface area contributed by atoms with Gasteiger partial charge in [0.15, 0.2) is 0 Å². The van der Waals surface area contributed by atoms with Crippen molar-refractivity contribution in [3.8, 4) is 0 Å². The first-order valence-corrected chi connectivity index (χ1v) is 5.12. The quantitative estimate of drug-likeness (QED) is 0.710. The second-order valence-electron chi connectivity index (χ2n) is 3.98. The lowest BCUT2D eigenvalue weighted by molar-refractivity contribution is 0.0650. The van der Waals surface area contributed by atoms with Crippen LogP contribution in [0.5, 0.6) is 0 Å². The Kier molecular flexibility index (Phi) is 2.83. The Hall–Kier alpha value is -1.20. The minimum atomic E-state index is -0.645. The summed E-state index contributed by atoms with van der Waals surface area (Å²) >= 11 is 0. The van der Waals surface area contributed by atoms with Gasteiger partial charge < -0.3 is 15.3 Å². The molecule has 1 aromatic heterocycles. The normalized spacial score (nSPS) is 25.9. The van der Waals surface area contributed by atoms with Crippen LogP contribution in [0.4, 0.5) is 5.95 Å². The minimum Gasteiger partial charge on any atom is -0.387 e. The van der Waals surface area contributed by atoms with Gasteiger partial charge in [-0.15, -0.1) is 0 Å². The first-order chi connectivity index (χ1) is 7.23. The van der Waals surface area contributed by atoms with Gasteiger partial charge in [0.2, 0.25) is 5.95 Å². The molecule has 1 aliphatic rings. The van der Waals surface area contributed by atoms with E-state index < -0.39 is 5.60 Å². The topological polar surface area (TPSA) is 61.3 Å². The molecule has 2 N–H and O–H groups in total. The zero-order valence-corrected chi connectivity index (χ0v) is 8.85. The number of likely N-dealkylation sites (N-methyl/N-ethyl adjacent to an activating group) is 1. The number of aliphatic hydroxyl groups is 1. The van der Waals surface area contributed by atoms with Crippen molar-refractivity contribution in [2.45, 2.75) is 12.0 Å². The van der Waals surface area contributed by atoms with Crippen LogP contribution < -0.4 is 10.2 Å². The van der Waals surface area contributed by atoms with Gasteiger partial charge in [-0.3, -0.25) is 0 Å². The van der Waals surface area contributed by atoms with Gasteiger partial charge >= 0.3 is 0 Å². The lowest BCUT2D eigenvalue weighted by Gasteiger charge is -2.22. The molecule has 1 aromatic rings. The third-order valence-corrected chi connectivity index (χ3v) is 2.67. The molecule has 0 aromatic carbocycles. The van der Waals surface area contributed by atoms with Crippen molar-refractivity contribution in [2.75, 3.05) is 31.6 Å². The summed E-state index contributed by atoms with van der Waals surface area (Å²) in [6.07, 6.45) is 4.20. The summed E-state index contributed by atoms with van der Waals surface area (Å²) < 4.78 is 0. The van der Waals surface area contributed by atoms with Gasteiger partial charge in [-0.1, -0.05) is 0 Å². The highest BCUT2D eigenvalue weighted by atomic mass is 16.3. The van der Waals surface area contributed by atoms with Crippen LogP contribution >= 0.6 is 0 Å². The highest BCUT2D eigenvalue weighted by Crippen LogP contribution is 2.23. The minimum absolute atomic E-state index is 0.595. The van der Waals surface area contributed by atoms with Crippen molar-refractivity contribution in [1.82, 2.24) is 15.3 Å². The van der Waals surface area contributed by atoms with Crippen LogP contribution in [-0.4, -0.2) is 47.4 Å². The van der Waals surface area contributed by atoms with E-state index in [2.05, 4.69) is 15.3 Å². The van der Waals surface area contributed by atoms with Gasteiger partial charge in [-0.05, 0) is 19.5 Å². The number of aromatic nitrogens is 2. The van der Waals surface area contributed by atoms with Crippen LogP contribution in [0.15, 0.2) is 18.5 Å². The number of nitrogens with zero attached hydrogens (tertiary/aromatic N) is 3. The molecule has 1 fully saturated rings. The molecule has 1 atom stereocenters. The molecule has 0 aliphatic carbocycles. The van der Waals surface area contributed by atoms with E-state index in [0.717, 1.165) is 13.0 Å². The van der Waals surface area contributed by atoms with Crippen molar-refractivity contribution in [2.24, 2.45) is 0 Å². The van der Waals surface area contributed by atoms with E-state index in [1.54, 1.807) is 18.5 Å². The molecule has 5 heteroatoms. The summed E-state index contributed by atoms with van der Waals surface area (Å²) in [4.78, 5) is 10.4. The molecule has 15 heavy (non-hydrogen) atoms. The Bertz CT molecular complexity index is 318. The van der Waals surface area contributed by atoms with Crippen LogP contribution in [-0.2, 0) is 0 Å². The lowest BCUT2D eigenvalue weighted by Crippen LogP contribution is -2.42. The Morgan fingerprint density at radius 1 is 1.53 bits per heavy atom. The number of anilines is 1. The molecular weight excluding hydrogens is 192 g/mol. The summed E-state index contributed by atoms with van der Waals surface area (Å²) in [5.41, 5.74) is -0.645. The van der Waals surface area contributed by atoms with Crippen molar-refractivity contribution in [3.63, 3.8) is 0 Å². The molecule has 0 radical (unpaired) electrons. The number of hydrogen-bond acceptors (Lipinski definition) is 5. The fourth-order valence-electron chi connectivity index (χ4n) is 1.96. The Balaban J connectivity index is 2.04. The van der Waals surface area contributed by atoms with Crippen LogP contribution in [0, 0.1) is 0 Å². The summed E-state index contributed by atoms with van der Waals surface area (Å²) in [5.74, 6) is 0.699. The summed E-state index contributed by atoms with van der Waals surface area (Å²) in [5, 5.41) is 13.2.